The van der Waals surface area contributed by atoms with Crippen molar-refractivity contribution in [2.45, 2.75) is 58.3 Å². The minimum atomic E-state index is -4.02. The third-order valence-electron chi connectivity index (χ3n) is 4.07. The lowest BCUT2D eigenvalue weighted by molar-refractivity contribution is -0.136. The Balaban J connectivity index is 2.36. The standard InChI is InChI=1S/C13H25F3N2/c1-4-17-12-6-9-18(11(3)10(12)2)8-5-7-13(14,15)16/h10-12,17H,4-9H2,1-3H3. The molecule has 3 unspecified atom stereocenters. The normalized spacial score (nSPS) is 30.7. The molecular formula is C13H25F3N2. The molecule has 2 nitrogen and oxygen atoms in total. The summed E-state index contributed by atoms with van der Waals surface area (Å²) in [5.74, 6) is 0.490. The van der Waals surface area contributed by atoms with E-state index < -0.39 is 12.6 Å². The van der Waals surface area contributed by atoms with Crippen LogP contribution < -0.4 is 5.32 Å². The number of rotatable bonds is 5. The Morgan fingerprint density at radius 2 is 1.94 bits per heavy atom. The van der Waals surface area contributed by atoms with Crippen LogP contribution in [0.5, 0.6) is 0 Å². The molecule has 1 fully saturated rings. The van der Waals surface area contributed by atoms with Crippen molar-refractivity contribution in [1.82, 2.24) is 10.2 Å². The number of piperidine rings is 1. The summed E-state index contributed by atoms with van der Waals surface area (Å²) < 4.78 is 36.4. The number of nitrogens with one attached hydrogen (secondary N) is 1. The van der Waals surface area contributed by atoms with Crippen LogP contribution in [-0.2, 0) is 0 Å². The predicted octanol–water partition coefficient (Wildman–Crippen LogP) is 3.04. The van der Waals surface area contributed by atoms with Gasteiger partial charge in [-0.1, -0.05) is 13.8 Å². The van der Waals surface area contributed by atoms with Crippen molar-refractivity contribution in [1.29, 1.82) is 0 Å². The molecule has 0 radical (unpaired) electrons. The topological polar surface area (TPSA) is 15.3 Å². The van der Waals surface area contributed by atoms with E-state index in [-0.39, 0.29) is 6.42 Å². The van der Waals surface area contributed by atoms with E-state index in [9.17, 15) is 13.2 Å². The zero-order chi connectivity index (χ0) is 13.8. The molecular weight excluding hydrogens is 241 g/mol. The maximum absolute atomic E-state index is 12.1. The predicted molar refractivity (Wildman–Crippen MR) is 67.6 cm³/mol. The van der Waals surface area contributed by atoms with E-state index in [2.05, 4.69) is 31.0 Å². The van der Waals surface area contributed by atoms with E-state index in [1.807, 2.05) is 0 Å². The first-order chi connectivity index (χ1) is 8.35. The number of hydrogen-bond acceptors (Lipinski definition) is 2. The van der Waals surface area contributed by atoms with Crippen LogP contribution in [0.25, 0.3) is 0 Å². The van der Waals surface area contributed by atoms with E-state index in [4.69, 9.17) is 0 Å². The monoisotopic (exact) mass is 266 g/mol. The minimum absolute atomic E-state index is 0.215. The van der Waals surface area contributed by atoms with Crippen molar-refractivity contribution in [2.75, 3.05) is 19.6 Å². The number of nitrogens with zero attached hydrogens (tertiary/aromatic N) is 1. The number of halogens is 3. The van der Waals surface area contributed by atoms with Crippen LogP contribution >= 0.6 is 0 Å². The van der Waals surface area contributed by atoms with E-state index in [1.165, 1.54) is 0 Å². The Morgan fingerprint density at radius 1 is 1.28 bits per heavy atom. The van der Waals surface area contributed by atoms with Crippen molar-refractivity contribution >= 4 is 0 Å². The quantitative estimate of drug-likeness (QED) is 0.823. The fraction of sp³-hybridized carbons (Fsp3) is 1.00. The molecule has 0 saturated carbocycles. The SMILES string of the molecule is CCNC1CCN(CCCC(F)(F)F)C(C)C1C. The van der Waals surface area contributed by atoms with E-state index in [1.54, 1.807) is 0 Å². The van der Waals surface area contributed by atoms with Gasteiger partial charge >= 0.3 is 6.18 Å². The van der Waals surface area contributed by atoms with Gasteiger partial charge in [0.1, 0.15) is 0 Å². The highest BCUT2D eigenvalue weighted by atomic mass is 19.4. The van der Waals surface area contributed by atoms with E-state index in [0.29, 0.717) is 24.5 Å². The molecule has 1 saturated heterocycles. The first-order valence-electron chi connectivity index (χ1n) is 6.89. The maximum atomic E-state index is 12.1. The lowest BCUT2D eigenvalue weighted by atomic mass is 9.87. The third kappa shape index (κ3) is 4.76. The summed E-state index contributed by atoms with van der Waals surface area (Å²) in [4.78, 5) is 2.20. The molecule has 0 aromatic rings. The number of alkyl halides is 3. The van der Waals surface area contributed by atoms with Gasteiger partial charge in [0.25, 0.3) is 0 Å². The van der Waals surface area contributed by atoms with Gasteiger partial charge in [-0.25, -0.2) is 0 Å². The molecule has 0 aromatic carbocycles. The summed E-state index contributed by atoms with van der Waals surface area (Å²) in [6.45, 7) is 8.82. The zero-order valence-corrected chi connectivity index (χ0v) is 11.6. The Bertz CT molecular complexity index is 243. The second-order valence-corrected chi connectivity index (χ2v) is 5.31. The summed E-state index contributed by atoms with van der Waals surface area (Å²) in [6, 6.07) is 0.861. The molecule has 1 rings (SSSR count). The van der Waals surface area contributed by atoms with Gasteiger partial charge in [-0.3, -0.25) is 0 Å². The maximum Gasteiger partial charge on any atom is 0.389 e. The highest BCUT2D eigenvalue weighted by Gasteiger charge is 2.32. The largest absolute Gasteiger partial charge is 0.389 e. The van der Waals surface area contributed by atoms with Gasteiger partial charge < -0.3 is 10.2 Å². The van der Waals surface area contributed by atoms with Crippen molar-refractivity contribution in [2.24, 2.45) is 5.92 Å². The summed E-state index contributed by atoms with van der Waals surface area (Å²) in [7, 11) is 0. The van der Waals surface area contributed by atoms with E-state index in [0.717, 1.165) is 19.5 Å². The number of hydrogen-bond donors (Lipinski definition) is 1. The van der Waals surface area contributed by atoms with E-state index >= 15 is 0 Å². The summed E-state index contributed by atoms with van der Waals surface area (Å²) in [6.07, 6.45) is -3.43. The molecule has 108 valence electrons. The van der Waals surface area contributed by atoms with Crippen LogP contribution in [-0.4, -0.2) is 42.8 Å². The van der Waals surface area contributed by atoms with Crippen molar-refractivity contribution < 1.29 is 13.2 Å². The second-order valence-electron chi connectivity index (χ2n) is 5.31. The van der Waals surface area contributed by atoms with Gasteiger partial charge in [-0.05, 0) is 45.3 Å². The molecule has 1 heterocycles. The first-order valence-corrected chi connectivity index (χ1v) is 6.89. The first kappa shape index (κ1) is 15.8. The average Bonchev–Trinajstić information content (AvgIpc) is 2.27. The molecule has 0 aromatic heterocycles. The van der Waals surface area contributed by atoms with Crippen LogP contribution in [0.4, 0.5) is 13.2 Å². The molecule has 1 aliphatic rings. The molecule has 1 N–H and O–H groups in total. The van der Waals surface area contributed by atoms with Gasteiger partial charge in [0.2, 0.25) is 0 Å². The highest BCUT2D eigenvalue weighted by molar-refractivity contribution is 4.88. The molecule has 0 spiro atoms. The van der Waals surface area contributed by atoms with Crippen LogP contribution in [0.3, 0.4) is 0 Å². The lowest BCUT2D eigenvalue weighted by Gasteiger charge is -2.43. The Labute approximate surface area is 108 Å². The third-order valence-corrected chi connectivity index (χ3v) is 4.07. The van der Waals surface area contributed by atoms with Gasteiger partial charge in [-0.2, -0.15) is 13.2 Å². The summed E-state index contributed by atoms with van der Waals surface area (Å²) >= 11 is 0. The minimum Gasteiger partial charge on any atom is -0.314 e. The van der Waals surface area contributed by atoms with Crippen LogP contribution in [0, 0.1) is 5.92 Å². The van der Waals surface area contributed by atoms with Gasteiger partial charge in [0.15, 0.2) is 0 Å². The van der Waals surface area contributed by atoms with Gasteiger partial charge in [-0.15, -0.1) is 0 Å². The summed E-state index contributed by atoms with van der Waals surface area (Å²) in [5.41, 5.74) is 0. The van der Waals surface area contributed by atoms with Crippen molar-refractivity contribution in [3.63, 3.8) is 0 Å². The van der Waals surface area contributed by atoms with Crippen LogP contribution in [0.1, 0.15) is 40.0 Å². The average molecular weight is 266 g/mol. The highest BCUT2D eigenvalue weighted by Crippen LogP contribution is 2.26. The molecule has 0 aliphatic carbocycles. The fourth-order valence-electron chi connectivity index (χ4n) is 2.79. The molecule has 0 amide bonds. The Morgan fingerprint density at radius 3 is 2.50 bits per heavy atom. The second kappa shape index (κ2) is 6.75. The van der Waals surface area contributed by atoms with Gasteiger partial charge in [0, 0.05) is 18.5 Å². The molecule has 1 aliphatic heterocycles. The zero-order valence-electron chi connectivity index (χ0n) is 11.6. The molecule has 3 atom stereocenters. The van der Waals surface area contributed by atoms with Crippen molar-refractivity contribution in [3.8, 4) is 0 Å². The van der Waals surface area contributed by atoms with Gasteiger partial charge in [0.05, 0.1) is 0 Å². The fourth-order valence-corrected chi connectivity index (χ4v) is 2.79. The Hall–Kier alpha value is -0.290. The van der Waals surface area contributed by atoms with Crippen LogP contribution in [0.15, 0.2) is 0 Å². The lowest BCUT2D eigenvalue weighted by Crippen LogP contribution is -2.53. The molecule has 18 heavy (non-hydrogen) atoms. The van der Waals surface area contributed by atoms with Crippen molar-refractivity contribution in [3.05, 3.63) is 0 Å². The Kier molecular flexibility index (Phi) is 5.92. The smallest absolute Gasteiger partial charge is 0.314 e. The summed E-state index contributed by atoms with van der Waals surface area (Å²) in [5, 5.41) is 3.46. The molecule has 5 heteroatoms. The number of likely N-dealkylation sites (tertiary alicyclic amines) is 1. The van der Waals surface area contributed by atoms with Crippen LogP contribution in [0.2, 0.25) is 0 Å². The molecule has 0 bridgehead atoms.